The summed E-state index contributed by atoms with van der Waals surface area (Å²) in [6, 6.07) is 10.5. The summed E-state index contributed by atoms with van der Waals surface area (Å²) in [6.45, 7) is 0. The number of phenols is 1. The van der Waals surface area contributed by atoms with Crippen LogP contribution in [0.15, 0.2) is 41.2 Å². The van der Waals surface area contributed by atoms with Crippen molar-refractivity contribution in [2.24, 2.45) is 0 Å². The first-order chi connectivity index (χ1) is 10.1. The van der Waals surface area contributed by atoms with Crippen molar-refractivity contribution in [1.29, 1.82) is 0 Å². The molecule has 3 aromatic rings. The maximum atomic E-state index is 12.1. The molecule has 0 atom stereocenters. The van der Waals surface area contributed by atoms with Crippen molar-refractivity contribution in [1.82, 2.24) is 9.97 Å². The number of fused-ring (bicyclic) bond motifs is 1. The minimum atomic E-state index is -0.207. The van der Waals surface area contributed by atoms with Crippen molar-refractivity contribution in [3.63, 3.8) is 0 Å². The summed E-state index contributed by atoms with van der Waals surface area (Å²) in [6.07, 6.45) is 0. The Bertz CT molecular complexity index is 890. The van der Waals surface area contributed by atoms with Gasteiger partial charge in [0.25, 0.3) is 5.56 Å². The molecule has 0 saturated heterocycles. The van der Waals surface area contributed by atoms with Gasteiger partial charge in [0.15, 0.2) is 11.5 Å². The van der Waals surface area contributed by atoms with Gasteiger partial charge in [0.1, 0.15) is 5.82 Å². The van der Waals surface area contributed by atoms with E-state index in [1.54, 1.807) is 30.3 Å². The number of hydrogen-bond donors (Lipinski definition) is 2. The predicted octanol–water partition coefficient (Wildman–Crippen LogP) is 2.91. The molecule has 0 saturated carbocycles. The molecule has 3 rings (SSSR count). The third-order valence-corrected chi connectivity index (χ3v) is 4.26. The maximum absolute atomic E-state index is 12.1. The van der Waals surface area contributed by atoms with E-state index < -0.39 is 0 Å². The van der Waals surface area contributed by atoms with Crippen molar-refractivity contribution < 1.29 is 9.84 Å². The number of aromatic amines is 1. The first-order valence-electron chi connectivity index (χ1n) is 6.16. The van der Waals surface area contributed by atoms with Crippen molar-refractivity contribution in [2.45, 2.75) is 0 Å². The second-order valence-electron chi connectivity index (χ2n) is 4.41. The molecular weight excluding hydrogens is 383 g/mol. The molecule has 0 radical (unpaired) electrons. The van der Waals surface area contributed by atoms with Gasteiger partial charge in [0.2, 0.25) is 0 Å². The van der Waals surface area contributed by atoms with E-state index in [1.165, 1.54) is 7.11 Å². The lowest BCUT2D eigenvalue weighted by molar-refractivity contribution is 0.372. The Morgan fingerprint density at radius 3 is 2.76 bits per heavy atom. The Hall–Kier alpha value is -2.09. The number of phenolic OH excluding ortho intramolecular Hbond substituents is 1. The van der Waals surface area contributed by atoms with E-state index >= 15 is 0 Å². The predicted molar refractivity (Wildman–Crippen MR) is 88.7 cm³/mol. The second-order valence-corrected chi connectivity index (χ2v) is 5.49. The number of aromatic hydroxyl groups is 1. The Balaban J connectivity index is 2.26. The smallest absolute Gasteiger partial charge is 0.259 e. The molecule has 0 bridgehead atoms. The first kappa shape index (κ1) is 13.9. The fraction of sp³-hybridized carbons (Fsp3) is 0.0667. The number of methoxy groups -OCH3 is 1. The number of aromatic nitrogens is 2. The number of para-hydroxylation sites is 1. The van der Waals surface area contributed by atoms with E-state index in [2.05, 4.69) is 9.97 Å². The number of benzene rings is 2. The van der Waals surface area contributed by atoms with Crippen LogP contribution < -0.4 is 10.3 Å². The monoisotopic (exact) mass is 394 g/mol. The van der Waals surface area contributed by atoms with E-state index in [-0.39, 0.29) is 11.3 Å². The first-order valence-corrected chi connectivity index (χ1v) is 7.24. The quantitative estimate of drug-likeness (QED) is 0.656. The lowest BCUT2D eigenvalue weighted by atomic mass is 10.1. The number of ether oxygens (including phenoxy) is 1. The summed E-state index contributed by atoms with van der Waals surface area (Å²) >= 11 is 2.00. The van der Waals surface area contributed by atoms with Crippen LogP contribution >= 0.6 is 22.6 Å². The summed E-state index contributed by atoms with van der Waals surface area (Å²) in [5.74, 6) is 0.832. The third kappa shape index (κ3) is 2.35. The normalized spacial score (nSPS) is 10.8. The second kappa shape index (κ2) is 5.36. The number of hydrogen-bond acceptors (Lipinski definition) is 4. The van der Waals surface area contributed by atoms with E-state index in [0.717, 1.165) is 0 Å². The van der Waals surface area contributed by atoms with Crippen LogP contribution in [0, 0.1) is 3.57 Å². The molecule has 6 heteroatoms. The van der Waals surface area contributed by atoms with Gasteiger partial charge in [-0.2, -0.15) is 0 Å². The van der Waals surface area contributed by atoms with Gasteiger partial charge in [-0.1, -0.05) is 12.1 Å². The standard InChI is InChI=1S/C15H11IN2O3/c1-21-11-7-6-9(12(16)13(11)19)14-17-10-5-3-2-4-8(10)15(20)18-14/h2-7,19H,1H3,(H,17,18,20). The Labute approximate surface area is 133 Å². The summed E-state index contributed by atoms with van der Waals surface area (Å²) < 4.78 is 5.64. The largest absolute Gasteiger partial charge is 0.504 e. The number of rotatable bonds is 2. The number of H-pyrrole nitrogens is 1. The molecule has 0 amide bonds. The molecular formula is C15H11IN2O3. The minimum Gasteiger partial charge on any atom is -0.504 e. The highest BCUT2D eigenvalue weighted by Gasteiger charge is 2.14. The Morgan fingerprint density at radius 2 is 2.00 bits per heavy atom. The van der Waals surface area contributed by atoms with Crippen LogP contribution in [0.25, 0.3) is 22.3 Å². The van der Waals surface area contributed by atoms with Crippen molar-refractivity contribution >= 4 is 33.5 Å². The third-order valence-electron chi connectivity index (χ3n) is 3.17. The van der Waals surface area contributed by atoms with E-state index in [9.17, 15) is 9.90 Å². The van der Waals surface area contributed by atoms with Crippen LogP contribution in [0.4, 0.5) is 0 Å². The van der Waals surface area contributed by atoms with Crippen molar-refractivity contribution in [3.8, 4) is 22.9 Å². The van der Waals surface area contributed by atoms with Crippen LogP contribution in [-0.2, 0) is 0 Å². The molecule has 2 N–H and O–H groups in total. The number of nitrogens with zero attached hydrogens (tertiary/aromatic N) is 1. The van der Waals surface area contributed by atoms with E-state index in [1.807, 2.05) is 28.7 Å². The SMILES string of the molecule is COc1ccc(-c2nc3ccccc3c(=O)[nH]2)c(I)c1O. The lowest BCUT2D eigenvalue weighted by Gasteiger charge is -2.10. The molecule has 0 aliphatic rings. The molecule has 0 aliphatic heterocycles. The van der Waals surface area contributed by atoms with Crippen molar-refractivity contribution in [3.05, 3.63) is 50.3 Å². The van der Waals surface area contributed by atoms with E-state index in [4.69, 9.17) is 4.74 Å². The molecule has 5 nitrogen and oxygen atoms in total. The lowest BCUT2D eigenvalue weighted by Crippen LogP contribution is -2.09. The van der Waals surface area contributed by atoms with Crippen LogP contribution in [0.3, 0.4) is 0 Å². The van der Waals surface area contributed by atoms with Crippen LogP contribution in [0.2, 0.25) is 0 Å². The average Bonchev–Trinajstić information content (AvgIpc) is 2.50. The molecule has 0 spiro atoms. The van der Waals surface area contributed by atoms with Gasteiger partial charge >= 0.3 is 0 Å². The number of halogens is 1. The fourth-order valence-corrected chi connectivity index (χ4v) is 2.81. The van der Waals surface area contributed by atoms with Crippen LogP contribution in [0.5, 0.6) is 11.5 Å². The zero-order chi connectivity index (χ0) is 15.0. The molecule has 21 heavy (non-hydrogen) atoms. The van der Waals surface area contributed by atoms with Gasteiger partial charge in [-0.25, -0.2) is 4.98 Å². The van der Waals surface area contributed by atoms with Gasteiger partial charge in [-0.3, -0.25) is 4.79 Å². The maximum Gasteiger partial charge on any atom is 0.259 e. The molecule has 0 unspecified atom stereocenters. The van der Waals surface area contributed by atoms with E-state index in [0.29, 0.717) is 31.6 Å². The molecule has 1 heterocycles. The molecule has 0 aliphatic carbocycles. The zero-order valence-electron chi connectivity index (χ0n) is 11.1. The highest BCUT2D eigenvalue weighted by atomic mass is 127. The summed E-state index contributed by atoms with van der Waals surface area (Å²) in [5.41, 5.74) is 1.06. The summed E-state index contributed by atoms with van der Waals surface area (Å²) in [4.78, 5) is 19.3. The highest BCUT2D eigenvalue weighted by Crippen LogP contribution is 2.36. The van der Waals surface area contributed by atoms with Crippen molar-refractivity contribution in [2.75, 3.05) is 7.11 Å². The number of nitrogens with one attached hydrogen (secondary N) is 1. The topological polar surface area (TPSA) is 75.2 Å². The summed E-state index contributed by atoms with van der Waals surface area (Å²) in [7, 11) is 1.49. The van der Waals surface area contributed by atoms with Crippen LogP contribution in [0.1, 0.15) is 0 Å². The average molecular weight is 394 g/mol. The Kier molecular flexibility index (Phi) is 3.54. The van der Waals surface area contributed by atoms with Gasteiger partial charge in [0, 0.05) is 5.56 Å². The zero-order valence-corrected chi connectivity index (χ0v) is 13.2. The molecule has 0 fully saturated rings. The van der Waals surface area contributed by atoms with Gasteiger partial charge in [-0.05, 0) is 46.9 Å². The van der Waals surface area contributed by atoms with Crippen LogP contribution in [-0.4, -0.2) is 22.2 Å². The minimum absolute atomic E-state index is 0.0337. The Morgan fingerprint density at radius 1 is 1.24 bits per heavy atom. The molecule has 1 aromatic heterocycles. The fourth-order valence-electron chi connectivity index (χ4n) is 2.11. The van der Waals surface area contributed by atoms with Gasteiger partial charge < -0.3 is 14.8 Å². The van der Waals surface area contributed by atoms with Gasteiger partial charge in [-0.15, -0.1) is 0 Å². The van der Waals surface area contributed by atoms with Gasteiger partial charge in [0.05, 0.1) is 21.6 Å². The molecule has 106 valence electrons. The summed E-state index contributed by atoms with van der Waals surface area (Å²) in [5, 5.41) is 10.6. The highest BCUT2D eigenvalue weighted by molar-refractivity contribution is 14.1. The molecule has 2 aromatic carbocycles.